The normalized spacial score (nSPS) is 22.8. The number of carbonyl (C=O) groups is 3. The highest BCUT2D eigenvalue weighted by atomic mass is 19.1. The number of nitrogen functional groups attached to an aromatic ring is 1. The summed E-state index contributed by atoms with van der Waals surface area (Å²) in [5, 5.41) is 22.2. The van der Waals surface area contributed by atoms with E-state index in [0.29, 0.717) is 79.0 Å². The molecule has 0 spiro atoms. The number of fused-ring (bicyclic) bond motifs is 1. The van der Waals surface area contributed by atoms with Crippen molar-refractivity contribution in [2.75, 3.05) is 67.9 Å². The van der Waals surface area contributed by atoms with Gasteiger partial charge in [-0.25, -0.2) is 14.2 Å². The Labute approximate surface area is 366 Å². The Bertz CT molecular complexity index is 2580. The fourth-order valence-corrected chi connectivity index (χ4v) is 9.98. The first-order chi connectivity index (χ1) is 30.3. The molecule has 2 aromatic carbocycles. The minimum atomic E-state index is -1.08. The third kappa shape index (κ3) is 8.41. The molecule has 9 rings (SSSR count). The SMILES string of the molecule is Cc1cc([C@@H]2CN(c3cc(-c4ccccc4O)nnc3N)C[C@H](C)O2)c(C)cc1C(=O)N1CCC(CN2CC[C@@H](n3cc(C)c4cc(N5CCC(=O)NC5=O)cnc43)[C@@H](F)C2)CC1. The number of hydrogen-bond acceptors (Lipinski definition) is 11. The molecule has 0 saturated carbocycles. The second-order valence-electron chi connectivity index (χ2n) is 17.8. The van der Waals surface area contributed by atoms with Crippen molar-refractivity contribution >= 4 is 46.1 Å². The van der Waals surface area contributed by atoms with Crippen molar-refractivity contribution in [3.63, 3.8) is 0 Å². The second kappa shape index (κ2) is 17.2. The number of morpholine rings is 1. The second-order valence-corrected chi connectivity index (χ2v) is 17.8. The van der Waals surface area contributed by atoms with Crippen molar-refractivity contribution < 1.29 is 28.6 Å². The molecule has 0 aliphatic carbocycles. The number of likely N-dealkylation sites (tertiary alicyclic amines) is 2. The van der Waals surface area contributed by atoms with Crippen LogP contribution in [0.1, 0.15) is 77.4 Å². The molecule has 16 heteroatoms. The molecule has 0 radical (unpaired) electrons. The van der Waals surface area contributed by atoms with E-state index in [0.717, 1.165) is 59.3 Å². The quantitative estimate of drug-likeness (QED) is 0.161. The molecule has 4 amide bonds. The molecule has 0 unspecified atom stereocenters. The van der Waals surface area contributed by atoms with Gasteiger partial charge in [0.15, 0.2) is 5.82 Å². The number of aryl methyl sites for hydroxylation is 3. The van der Waals surface area contributed by atoms with E-state index in [1.54, 1.807) is 24.4 Å². The molecule has 3 aromatic heterocycles. The van der Waals surface area contributed by atoms with E-state index in [-0.39, 0.29) is 48.8 Å². The summed E-state index contributed by atoms with van der Waals surface area (Å²) in [7, 11) is 0. The highest BCUT2D eigenvalue weighted by Crippen LogP contribution is 2.37. The summed E-state index contributed by atoms with van der Waals surface area (Å²) in [6.07, 6.45) is 4.71. The van der Waals surface area contributed by atoms with E-state index in [9.17, 15) is 19.5 Å². The maximum Gasteiger partial charge on any atom is 0.328 e. The lowest BCUT2D eigenvalue weighted by atomic mass is 9.92. The van der Waals surface area contributed by atoms with Gasteiger partial charge in [-0.2, -0.15) is 0 Å². The van der Waals surface area contributed by atoms with E-state index >= 15 is 4.39 Å². The fraction of sp³-hybridized carbons (Fsp3) is 0.447. The number of benzene rings is 2. The van der Waals surface area contributed by atoms with Crippen molar-refractivity contribution in [1.82, 2.24) is 34.9 Å². The Balaban J connectivity index is 0.800. The van der Waals surface area contributed by atoms with Gasteiger partial charge in [-0.05, 0) is 105 Å². The average Bonchev–Trinajstić information content (AvgIpc) is 3.59. The maximum atomic E-state index is 16.1. The summed E-state index contributed by atoms with van der Waals surface area (Å²) in [6, 6.07) is 14.0. The summed E-state index contributed by atoms with van der Waals surface area (Å²) in [4.78, 5) is 50.7. The van der Waals surface area contributed by atoms with Crippen molar-refractivity contribution in [3.05, 3.63) is 88.7 Å². The summed E-state index contributed by atoms with van der Waals surface area (Å²) in [5.41, 5.74) is 14.0. The van der Waals surface area contributed by atoms with Crippen LogP contribution >= 0.6 is 0 Å². The number of rotatable bonds is 8. The summed E-state index contributed by atoms with van der Waals surface area (Å²) >= 11 is 0. The van der Waals surface area contributed by atoms with E-state index in [2.05, 4.69) is 36.4 Å². The molecular weight excluding hydrogens is 804 g/mol. The fourth-order valence-electron chi connectivity index (χ4n) is 9.98. The highest BCUT2D eigenvalue weighted by Gasteiger charge is 2.35. The van der Waals surface area contributed by atoms with E-state index in [4.69, 9.17) is 10.5 Å². The lowest BCUT2D eigenvalue weighted by molar-refractivity contribution is -0.120. The number of aromatic nitrogens is 4. The van der Waals surface area contributed by atoms with E-state index < -0.39 is 12.2 Å². The number of aromatic hydroxyl groups is 1. The molecular formula is C47H55FN10O5. The van der Waals surface area contributed by atoms with Crippen LogP contribution in [0, 0.1) is 26.7 Å². The summed E-state index contributed by atoms with van der Waals surface area (Å²) in [5.74, 6) is 0.526. The highest BCUT2D eigenvalue weighted by molar-refractivity contribution is 6.06. The number of carbonyl (C=O) groups excluding carboxylic acids is 3. The first-order valence-electron chi connectivity index (χ1n) is 22.0. The van der Waals surface area contributed by atoms with Gasteiger partial charge in [-0.15, -0.1) is 10.2 Å². The number of para-hydroxylation sites is 1. The number of nitrogens with two attached hydrogens (primary N) is 1. The number of anilines is 3. The van der Waals surface area contributed by atoms with Gasteiger partial charge in [-0.1, -0.05) is 18.2 Å². The van der Waals surface area contributed by atoms with Gasteiger partial charge in [0, 0.05) is 81.5 Å². The predicted molar refractivity (Wildman–Crippen MR) is 239 cm³/mol. The Kier molecular flexibility index (Phi) is 11.5. The number of alkyl halides is 1. The number of pyridine rings is 1. The number of ether oxygens (including phenoxy) is 1. The number of urea groups is 1. The molecule has 7 heterocycles. The molecule has 4 fully saturated rings. The molecule has 4 N–H and O–H groups in total. The smallest absolute Gasteiger partial charge is 0.328 e. The zero-order valence-electron chi connectivity index (χ0n) is 36.3. The van der Waals surface area contributed by atoms with Crippen molar-refractivity contribution in [2.24, 2.45) is 5.92 Å². The summed E-state index contributed by atoms with van der Waals surface area (Å²) in [6.45, 7) is 12.6. The minimum absolute atomic E-state index is 0.0291. The molecule has 4 saturated heterocycles. The van der Waals surface area contributed by atoms with Crippen LogP contribution in [0.5, 0.6) is 5.75 Å². The number of imide groups is 1. The largest absolute Gasteiger partial charge is 0.507 e. The van der Waals surface area contributed by atoms with Crippen molar-refractivity contribution in [1.29, 1.82) is 0 Å². The lowest BCUT2D eigenvalue weighted by Gasteiger charge is -2.40. The Hall–Kier alpha value is -6.13. The van der Waals surface area contributed by atoms with Gasteiger partial charge in [0.25, 0.3) is 5.91 Å². The molecule has 15 nitrogen and oxygen atoms in total. The topological polar surface area (TPSA) is 175 Å². The monoisotopic (exact) mass is 858 g/mol. The first-order valence-corrected chi connectivity index (χ1v) is 22.0. The zero-order chi connectivity index (χ0) is 44.1. The van der Waals surface area contributed by atoms with Gasteiger partial charge in [-0.3, -0.25) is 19.8 Å². The van der Waals surface area contributed by atoms with Crippen molar-refractivity contribution in [3.8, 4) is 17.0 Å². The van der Waals surface area contributed by atoms with Gasteiger partial charge < -0.3 is 34.8 Å². The lowest BCUT2D eigenvalue weighted by Crippen LogP contribution is -2.49. The molecule has 330 valence electrons. The maximum absolute atomic E-state index is 16.1. The van der Waals surface area contributed by atoms with Gasteiger partial charge in [0.2, 0.25) is 5.91 Å². The number of halogens is 1. The molecule has 4 atom stereocenters. The Morgan fingerprint density at radius 1 is 0.952 bits per heavy atom. The first kappa shape index (κ1) is 42.2. The Morgan fingerprint density at radius 3 is 2.51 bits per heavy atom. The number of phenolic OH excluding ortho intramolecular Hbond substituents is 1. The third-order valence-corrected chi connectivity index (χ3v) is 13.4. The van der Waals surface area contributed by atoms with Gasteiger partial charge in [0.05, 0.1) is 35.4 Å². The minimum Gasteiger partial charge on any atom is -0.507 e. The molecule has 63 heavy (non-hydrogen) atoms. The van der Waals surface area contributed by atoms with Crippen LogP contribution in [-0.2, 0) is 9.53 Å². The van der Waals surface area contributed by atoms with Crippen LogP contribution < -0.4 is 20.9 Å². The number of nitrogens with one attached hydrogen (secondary N) is 1. The number of hydrogen-bond donors (Lipinski definition) is 3. The average molecular weight is 859 g/mol. The Morgan fingerprint density at radius 2 is 1.75 bits per heavy atom. The third-order valence-electron chi connectivity index (χ3n) is 13.4. The van der Waals surface area contributed by atoms with E-state index in [1.165, 1.54) is 4.90 Å². The molecule has 0 bridgehead atoms. The number of amides is 4. The number of phenols is 1. The predicted octanol–water partition coefficient (Wildman–Crippen LogP) is 6.26. The number of piperidine rings is 2. The summed E-state index contributed by atoms with van der Waals surface area (Å²) < 4.78 is 24.5. The molecule has 4 aliphatic rings. The molecule has 4 aliphatic heterocycles. The standard InChI is InChI=1S/C47H55FN10O5/c1-27-18-36(28(2)17-34(27)42-26-56(23-30(4)63-42)40-20-38(52-53-44(40)49)33-7-5-6-8-41(33)59)46(61)55-14-9-31(10-15-55)24-54-13-11-39(37(48)25-54)58-22-29(3)35-19-32(21-50-45(35)58)57-16-12-43(60)51-47(57)62/h5-8,17-22,30-31,37,39,42,59H,9-16,23-26H2,1-4H3,(H2,49,53)(H,51,60,62)/t30-,37-,39+,42-/m0/s1. The van der Waals surface area contributed by atoms with Crippen molar-refractivity contribution in [2.45, 2.75) is 77.8 Å². The van der Waals surface area contributed by atoms with Crippen LogP contribution in [0.3, 0.4) is 0 Å². The van der Waals surface area contributed by atoms with Crippen LogP contribution in [0.2, 0.25) is 0 Å². The molecule has 5 aromatic rings. The van der Waals surface area contributed by atoms with Crippen LogP contribution in [0.15, 0.2) is 60.9 Å². The van der Waals surface area contributed by atoms with E-state index in [1.807, 2.05) is 67.6 Å². The van der Waals surface area contributed by atoms with Gasteiger partial charge in [0.1, 0.15) is 23.7 Å². The van der Waals surface area contributed by atoms with Crippen LogP contribution in [0.25, 0.3) is 22.3 Å². The van der Waals surface area contributed by atoms with Gasteiger partial charge >= 0.3 is 6.03 Å². The zero-order valence-corrected chi connectivity index (χ0v) is 36.3. The number of nitrogens with zero attached hydrogens (tertiary/aromatic N) is 8. The van der Waals surface area contributed by atoms with Crippen LogP contribution in [-0.4, -0.2) is 117 Å². The van der Waals surface area contributed by atoms with Crippen LogP contribution in [0.4, 0.5) is 26.4 Å².